The number of aromatic nitrogens is 3. The number of nitrogens with zero attached hydrogens (tertiary/aromatic N) is 3. The van der Waals surface area contributed by atoms with Crippen molar-refractivity contribution in [3.05, 3.63) is 87.6 Å². The number of thioether (sulfide) groups is 1. The van der Waals surface area contributed by atoms with E-state index in [9.17, 15) is 4.79 Å². The lowest BCUT2D eigenvalue weighted by molar-refractivity contribution is -0.138. The Labute approximate surface area is 217 Å². The molecule has 0 saturated carbocycles. The third-order valence-electron chi connectivity index (χ3n) is 5.44. The molecule has 0 bridgehead atoms. The SMILES string of the molecule is C=CCOC(=O)C1=C(C)Nc2nc(SCC)nn2C1c1cc(Br)ccc1OCc1ccc(C)cc1. The van der Waals surface area contributed by atoms with Crippen LogP contribution in [-0.4, -0.2) is 33.1 Å². The number of hydrogen-bond acceptors (Lipinski definition) is 7. The molecule has 0 fully saturated rings. The van der Waals surface area contributed by atoms with E-state index in [1.54, 1.807) is 10.8 Å². The summed E-state index contributed by atoms with van der Waals surface area (Å²) in [5.41, 5.74) is 4.11. The first-order chi connectivity index (χ1) is 16.9. The summed E-state index contributed by atoms with van der Waals surface area (Å²) in [4.78, 5) is 17.8. The number of benzene rings is 2. The van der Waals surface area contributed by atoms with Crippen LogP contribution in [0.3, 0.4) is 0 Å². The van der Waals surface area contributed by atoms with E-state index in [-0.39, 0.29) is 6.61 Å². The molecule has 4 rings (SSSR count). The maximum absolute atomic E-state index is 13.2. The fourth-order valence-corrected chi connectivity index (χ4v) is 4.73. The minimum absolute atomic E-state index is 0.110. The number of fused-ring (bicyclic) bond motifs is 1. The second-order valence-corrected chi connectivity index (χ2v) is 10.2. The third kappa shape index (κ3) is 5.62. The zero-order valence-electron chi connectivity index (χ0n) is 19.9. The molecular weight excluding hydrogens is 528 g/mol. The van der Waals surface area contributed by atoms with E-state index in [0.29, 0.717) is 34.7 Å². The van der Waals surface area contributed by atoms with E-state index < -0.39 is 12.0 Å². The van der Waals surface area contributed by atoms with Gasteiger partial charge < -0.3 is 14.8 Å². The molecule has 182 valence electrons. The van der Waals surface area contributed by atoms with Crippen molar-refractivity contribution in [1.82, 2.24) is 14.8 Å². The molecule has 1 unspecified atom stereocenters. The molecule has 0 amide bonds. The third-order valence-corrected chi connectivity index (χ3v) is 6.65. The summed E-state index contributed by atoms with van der Waals surface area (Å²) in [5, 5.41) is 8.57. The van der Waals surface area contributed by atoms with Gasteiger partial charge in [0.1, 0.15) is 25.0 Å². The fourth-order valence-electron chi connectivity index (χ4n) is 3.80. The predicted octanol–water partition coefficient (Wildman–Crippen LogP) is 6.06. The van der Waals surface area contributed by atoms with Crippen LogP contribution in [0.15, 0.2) is 76.0 Å². The first-order valence-electron chi connectivity index (χ1n) is 11.2. The summed E-state index contributed by atoms with van der Waals surface area (Å²) in [6.45, 7) is 10.1. The minimum atomic E-state index is -0.590. The Hall–Kier alpha value is -3.04. The molecule has 0 aliphatic carbocycles. The van der Waals surface area contributed by atoms with Crippen LogP contribution in [0.4, 0.5) is 5.95 Å². The lowest BCUT2D eigenvalue weighted by atomic mass is 9.95. The number of esters is 1. The van der Waals surface area contributed by atoms with Crippen molar-refractivity contribution in [1.29, 1.82) is 0 Å². The Morgan fingerprint density at radius 2 is 2.03 bits per heavy atom. The van der Waals surface area contributed by atoms with Gasteiger partial charge in [0, 0.05) is 15.7 Å². The summed E-state index contributed by atoms with van der Waals surface area (Å²) in [6, 6.07) is 13.4. The Bertz CT molecular complexity index is 1270. The van der Waals surface area contributed by atoms with Gasteiger partial charge in [-0.3, -0.25) is 0 Å². The van der Waals surface area contributed by atoms with Gasteiger partial charge in [0.2, 0.25) is 11.1 Å². The fraction of sp³-hybridized carbons (Fsp3) is 0.269. The smallest absolute Gasteiger partial charge is 0.338 e. The van der Waals surface area contributed by atoms with Crippen molar-refractivity contribution in [3.63, 3.8) is 0 Å². The molecular formula is C26H27BrN4O3S. The molecule has 35 heavy (non-hydrogen) atoms. The van der Waals surface area contributed by atoms with Crippen LogP contribution in [0.2, 0.25) is 0 Å². The summed E-state index contributed by atoms with van der Waals surface area (Å²) in [5.74, 6) is 1.59. The van der Waals surface area contributed by atoms with Crippen LogP contribution in [-0.2, 0) is 16.1 Å². The normalized spacial score (nSPS) is 14.8. The summed E-state index contributed by atoms with van der Waals surface area (Å²) in [7, 11) is 0. The Balaban J connectivity index is 1.79. The van der Waals surface area contributed by atoms with Crippen LogP contribution in [0.1, 0.15) is 36.6 Å². The van der Waals surface area contributed by atoms with Crippen molar-refractivity contribution >= 4 is 39.6 Å². The van der Waals surface area contributed by atoms with Gasteiger partial charge in [-0.15, -0.1) is 5.10 Å². The van der Waals surface area contributed by atoms with Gasteiger partial charge in [-0.1, -0.05) is 77.1 Å². The largest absolute Gasteiger partial charge is 0.489 e. The molecule has 1 aromatic heterocycles. The molecule has 3 aromatic rings. The van der Waals surface area contributed by atoms with E-state index in [1.165, 1.54) is 17.3 Å². The number of halogens is 1. The van der Waals surface area contributed by atoms with Gasteiger partial charge in [-0.05, 0) is 43.4 Å². The molecule has 2 heterocycles. The topological polar surface area (TPSA) is 78.3 Å². The predicted molar refractivity (Wildman–Crippen MR) is 142 cm³/mol. The van der Waals surface area contributed by atoms with Crippen molar-refractivity contribution in [3.8, 4) is 5.75 Å². The number of hydrogen-bond donors (Lipinski definition) is 1. The number of carbonyl (C=O) groups excluding carboxylic acids is 1. The second kappa shape index (κ2) is 11.1. The molecule has 0 radical (unpaired) electrons. The quantitative estimate of drug-likeness (QED) is 0.195. The van der Waals surface area contributed by atoms with Crippen LogP contribution in [0.5, 0.6) is 5.75 Å². The monoisotopic (exact) mass is 554 g/mol. The van der Waals surface area contributed by atoms with Crippen LogP contribution < -0.4 is 10.1 Å². The molecule has 0 spiro atoms. The summed E-state index contributed by atoms with van der Waals surface area (Å²) in [6.07, 6.45) is 1.55. The van der Waals surface area contributed by atoms with Crippen LogP contribution in [0, 0.1) is 6.92 Å². The highest BCUT2D eigenvalue weighted by Gasteiger charge is 2.37. The lowest BCUT2D eigenvalue weighted by Crippen LogP contribution is -2.30. The highest BCUT2D eigenvalue weighted by atomic mass is 79.9. The maximum Gasteiger partial charge on any atom is 0.338 e. The molecule has 1 aliphatic heterocycles. The number of rotatable bonds is 9. The van der Waals surface area contributed by atoms with Gasteiger partial charge in [0.25, 0.3) is 0 Å². The first kappa shape index (κ1) is 25.1. The highest BCUT2D eigenvalue weighted by Crippen LogP contribution is 2.41. The Morgan fingerprint density at radius 1 is 1.26 bits per heavy atom. The Morgan fingerprint density at radius 3 is 2.74 bits per heavy atom. The Kier molecular flexibility index (Phi) is 7.97. The first-order valence-corrected chi connectivity index (χ1v) is 13.0. The molecule has 7 nitrogen and oxygen atoms in total. The lowest BCUT2D eigenvalue weighted by Gasteiger charge is -2.29. The van der Waals surface area contributed by atoms with Crippen molar-refractivity contribution in [2.75, 3.05) is 17.7 Å². The average Bonchev–Trinajstić information content (AvgIpc) is 3.24. The number of carbonyl (C=O) groups is 1. The minimum Gasteiger partial charge on any atom is -0.489 e. The van der Waals surface area contributed by atoms with E-state index in [1.807, 2.05) is 44.2 Å². The zero-order chi connectivity index (χ0) is 24.9. The van der Waals surface area contributed by atoms with Crippen molar-refractivity contribution in [2.45, 2.75) is 38.6 Å². The van der Waals surface area contributed by atoms with Crippen LogP contribution in [0.25, 0.3) is 0 Å². The van der Waals surface area contributed by atoms with Gasteiger partial charge in [0.15, 0.2) is 0 Å². The highest BCUT2D eigenvalue weighted by molar-refractivity contribution is 9.10. The molecule has 9 heteroatoms. The molecule has 1 atom stereocenters. The second-order valence-electron chi connectivity index (χ2n) is 8.01. The number of nitrogens with one attached hydrogen (secondary N) is 1. The van der Waals surface area contributed by atoms with Gasteiger partial charge >= 0.3 is 5.97 Å². The molecule has 1 N–H and O–H groups in total. The summed E-state index contributed by atoms with van der Waals surface area (Å²) >= 11 is 5.12. The van der Waals surface area contributed by atoms with E-state index >= 15 is 0 Å². The van der Waals surface area contributed by atoms with Gasteiger partial charge in [-0.2, -0.15) is 4.98 Å². The van der Waals surface area contributed by atoms with Gasteiger partial charge in [-0.25, -0.2) is 9.48 Å². The van der Waals surface area contributed by atoms with Crippen molar-refractivity contribution < 1.29 is 14.3 Å². The van der Waals surface area contributed by atoms with Crippen LogP contribution >= 0.6 is 27.7 Å². The standard InChI is InChI=1S/C26H27BrN4O3S/c1-5-13-33-24(32)22-17(4)28-25-29-26(35-6-2)30-31(25)23(22)20-14-19(27)11-12-21(20)34-15-18-9-7-16(3)8-10-18/h5,7-12,14,23H,1,6,13,15H2,2-4H3,(H,28,29,30). The molecule has 0 saturated heterocycles. The summed E-state index contributed by atoms with van der Waals surface area (Å²) < 4.78 is 14.3. The average molecular weight is 555 g/mol. The maximum atomic E-state index is 13.2. The molecule has 2 aromatic carbocycles. The van der Waals surface area contributed by atoms with E-state index in [0.717, 1.165) is 21.4 Å². The van der Waals surface area contributed by atoms with Gasteiger partial charge in [0.05, 0.1) is 5.57 Å². The van der Waals surface area contributed by atoms with E-state index in [4.69, 9.17) is 14.6 Å². The number of ether oxygens (including phenoxy) is 2. The number of anilines is 1. The zero-order valence-corrected chi connectivity index (χ0v) is 22.3. The number of allylic oxidation sites excluding steroid dienone is 1. The van der Waals surface area contributed by atoms with Crippen molar-refractivity contribution in [2.24, 2.45) is 0 Å². The molecule has 1 aliphatic rings. The van der Waals surface area contributed by atoms with E-state index in [2.05, 4.69) is 51.9 Å². The number of aryl methyl sites for hydroxylation is 1.